The van der Waals surface area contributed by atoms with E-state index in [9.17, 15) is 5.11 Å². The second kappa shape index (κ2) is 6.18. The lowest BCUT2D eigenvalue weighted by atomic mass is 9.94. The number of aliphatic hydroxyl groups is 1. The molecule has 2 nitrogen and oxygen atoms in total. The van der Waals surface area contributed by atoms with E-state index in [2.05, 4.69) is 30.4 Å². The minimum absolute atomic E-state index is 0.227. The maximum atomic E-state index is 10.5. The summed E-state index contributed by atoms with van der Waals surface area (Å²) in [6.45, 7) is 3.18. The molecule has 0 saturated carbocycles. The van der Waals surface area contributed by atoms with Crippen LogP contribution in [0, 0.1) is 0 Å². The monoisotopic (exact) mass is 233 g/mol. The van der Waals surface area contributed by atoms with Gasteiger partial charge in [-0.3, -0.25) is 0 Å². The summed E-state index contributed by atoms with van der Waals surface area (Å²) < 4.78 is 0. The van der Waals surface area contributed by atoms with Crippen LogP contribution in [0.2, 0.25) is 0 Å². The number of aryl methyl sites for hydroxylation is 1. The van der Waals surface area contributed by atoms with E-state index in [4.69, 9.17) is 0 Å². The Bertz CT molecular complexity index is 343. The molecule has 0 aromatic heterocycles. The molecule has 1 aromatic rings. The molecule has 2 unspecified atom stereocenters. The van der Waals surface area contributed by atoms with Crippen LogP contribution in [-0.2, 0) is 6.42 Å². The molecule has 0 aliphatic carbocycles. The van der Waals surface area contributed by atoms with Gasteiger partial charge >= 0.3 is 0 Å². The molecule has 1 saturated heterocycles. The van der Waals surface area contributed by atoms with Crippen molar-refractivity contribution in [3.63, 3.8) is 0 Å². The van der Waals surface area contributed by atoms with Crippen LogP contribution in [0.4, 0.5) is 0 Å². The van der Waals surface area contributed by atoms with Crippen molar-refractivity contribution in [3.05, 3.63) is 35.4 Å². The Balaban J connectivity index is 2.14. The van der Waals surface area contributed by atoms with Gasteiger partial charge in [0, 0.05) is 6.04 Å². The predicted octanol–water partition coefficient (Wildman–Crippen LogP) is 2.81. The largest absolute Gasteiger partial charge is 0.387 e. The third kappa shape index (κ3) is 3.08. The first-order chi connectivity index (χ1) is 8.33. The lowest BCUT2D eigenvalue weighted by Gasteiger charge is -2.24. The van der Waals surface area contributed by atoms with Crippen LogP contribution >= 0.6 is 0 Å². The lowest BCUT2D eigenvalue weighted by Crippen LogP contribution is -2.34. The summed E-state index contributed by atoms with van der Waals surface area (Å²) in [6.07, 6.45) is 5.45. The zero-order valence-electron chi connectivity index (χ0n) is 10.7. The minimum Gasteiger partial charge on any atom is -0.387 e. The van der Waals surface area contributed by atoms with Crippen LogP contribution < -0.4 is 5.32 Å². The van der Waals surface area contributed by atoms with Crippen molar-refractivity contribution >= 4 is 0 Å². The van der Waals surface area contributed by atoms with Crippen LogP contribution in [0.5, 0.6) is 0 Å². The van der Waals surface area contributed by atoms with Crippen molar-refractivity contribution in [1.29, 1.82) is 0 Å². The standard InChI is InChI=1S/C15H23NO/c1-2-12-8-5-6-9-13(12)15(17)14-10-4-3-7-11-16-14/h5-6,8-9,14-17H,2-4,7,10-11H2,1H3. The minimum atomic E-state index is -0.357. The average molecular weight is 233 g/mol. The molecule has 1 aliphatic rings. The van der Waals surface area contributed by atoms with Gasteiger partial charge in [-0.05, 0) is 36.9 Å². The van der Waals surface area contributed by atoms with Crippen LogP contribution in [0.1, 0.15) is 49.8 Å². The van der Waals surface area contributed by atoms with E-state index < -0.39 is 0 Å². The van der Waals surface area contributed by atoms with E-state index in [1.807, 2.05) is 6.07 Å². The van der Waals surface area contributed by atoms with E-state index in [0.717, 1.165) is 24.9 Å². The Labute approximate surface area is 104 Å². The third-order valence-corrected chi connectivity index (χ3v) is 3.73. The van der Waals surface area contributed by atoms with Crippen LogP contribution in [-0.4, -0.2) is 17.7 Å². The molecule has 2 atom stereocenters. The van der Waals surface area contributed by atoms with Crippen molar-refractivity contribution in [3.8, 4) is 0 Å². The van der Waals surface area contributed by atoms with Gasteiger partial charge in [-0.15, -0.1) is 0 Å². The maximum Gasteiger partial charge on any atom is 0.0945 e. The Hall–Kier alpha value is -0.860. The zero-order valence-corrected chi connectivity index (χ0v) is 10.7. The van der Waals surface area contributed by atoms with E-state index in [1.165, 1.54) is 24.8 Å². The van der Waals surface area contributed by atoms with Crippen molar-refractivity contribution in [2.75, 3.05) is 6.54 Å². The molecule has 2 rings (SSSR count). The second-order valence-electron chi connectivity index (χ2n) is 4.91. The molecule has 1 aliphatic heterocycles. The van der Waals surface area contributed by atoms with Gasteiger partial charge in [-0.2, -0.15) is 0 Å². The van der Waals surface area contributed by atoms with E-state index >= 15 is 0 Å². The number of hydrogen-bond acceptors (Lipinski definition) is 2. The SMILES string of the molecule is CCc1ccccc1C(O)C1CCCCCN1. The second-order valence-corrected chi connectivity index (χ2v) is 4.91. The van der Waals surface area contributed by atoms with Gasteiger partial charge in [0.15, 0.2) is 0 Å². The first kappa shape index (κ1) is 12.6. The number of aliphatic hydroxyl groups excluding tert-OH is 1. The van der Waals surface area contributed by atoms with E-state index in [0.29, 0.717) is 0 Å². The van der Waals surface area contributed by atoms with E-state index in [1.54, 1.807) is 0 Å². The van der Waals surface area contributed by atoms with E-state index in [-0.39, 0.29) is 12.1 Å². The van der Waals surface area contributed by atoms with Crippen molar-refractivity contribution in [2.45, 2.75) is 51.2 Å². The van der Waals surface area contributed by atoms with Gasteiger partial charge in [-0.1, -0.05) is 44.0 Å². The predicted molar refractivity (Wildman–Crippen MR) is 71.0 cm³/mol. The molecule has 1 heterocycles. The van der Waals surface area contributed by atoms with Crippen LogP contribution in [0.25, 0.3) is 0 Å². The number of rotatable bonds is 3. The number of nitrogens with one attached hydrogen (secondary N) is 1. The first-order valence-electron chi connectivity index (χ1n) is 6.82. The van der Waals surface area contributed by atoms with Gasteiger partial charge in [-0.25, -0.2) is 0 Å². The van der Waals surface area contributed by atoms with Crippen LogP contribution in [0.15, 0.2) is 24.3 Å². The summed E-state index contributed by atoms with van der Waals surface area (Å²) in [4.78, 5) is 0. The Morgan fingerprint density at radius 3 is 2.94 bits per heavy atom. The van der Waals surface area contributed by atoms with Gasteiger partial charge < -0.3 is 10.4 Å². The zero-order chi connectivity index (χ0) is 12.1. The summed E-state index contributed by atoms with van der Waals surface area (Å²) in [6, 6.07) is 8.49. The highest BCUT2D eigenvalue weighted by Crippen LogP contribution is 2.25. The molecule has 0 bridgehead atoms. The summed E-state index contributed by atoms with van der Waals surface area (Å²) in [7, 11) is 0. The van der Waals surface area contributed by atoms with Crippen molar-refractivity contribution in [2.24, 2.45) is 0 Å². The maximum absolute atomic E-state index is 10.5. The summed E-state index contributed by atoms with van der Waals surface area (Å²) >= 11 is 0. The molecule has 17 heavy (non-hydrogen) atoms. The number of benzene rings is 1. The molecule has 1 aromatic carbocycles. The summed E-state index contributed by atoms with van der Waals surface area (Å²) in [5, 5.41) is 14.0. The molecule has 94 valence electrons. The topological polar surface area (TPSA) is 32.3 Å². The molecule has 0 amide bonds. The highest BCUT2D eigenvalue weighted by atomic mass is 16.3. The van der Waals surface area contributed by atoms with Crippen molar-refractivity contribution in [1.82, 2.24) is 5.32 Å². The average Bonchev–Trinajstić information content (AvgIpc) is 2.66. The first-order valence-corrected chi connectivity index (χ1v) is 6.82. The quantitative estimate of drug-likeness (QED) is 0.841. The Morgan fingerprint density at radius 2 is 2.12 bits per heavy atom. The molecular weight excluding hydrogens is 210 g/mol. The van der Waals surface area contributed by atoms with Crippen molar-refractivity contribution < 1.29 is 5.11 Å². The van der Waals surface area contributed by atoms with Gasteiger partial charge in [0.2, 0.25) is 0 Å². The Kier molecular flexibility index (Phi) is 4.57. The fraction of sp³-hybridized carbons (Fsp3) is 0.600. The third-order valence-electron chi connectivity index (χ3n) is 3.73. The van der Waals surface area contributed by atoms with Crippen LogP contribution in [0.3, 0.4) is 0 Å². The molecule has 0 spiro atoms. The number of hydrogen-bond donors (Lipinski definition) is 2. The summed E-state index contributed by atoms with van der Waals surface area (Å²) in [5.41, 5.74) is 2.38. The lowest BCUT2D eigenvalue weighted by molar-refractivity contribution is 0.125. The fourth-order valence-electron chi connectivity index (χ4n) is 2.69. The van der Waals surface area contributed by atoms with Gasteiger partial charge in [0.1, 0.15) is 0 Å². The highest BCUT2D eigenvalue weighted by Gasteiger charge is 2.22. The highest BCUT2D eigenvalue weighted by molar-refractivity contribution is 5.30. The Morgan fingerprint density at radius 1 is 1.29 bits per heavy atom. The molecule has 2 heteroatoms. The molecule has 0 radical (unpaired) electrons. The summed E-state index contributed by atoms with van der Waals surface area (Å²) in [5.74, 6) is 0. The normalized spacial score (nSPS) is 23.1. The van der Waals surface area contributed by atoms with Gasteiger partial charge in [0.05, 0.1) is 6.10 Å². The molecule has 1 fully saturated rings. The smallest absolute Gasteiger partial charge is 0.0945 e. The molecule has 2 N–H and O–H groups in total. The fourth-order valence-corrected chi connectivity index (χ4v) is 2.69. The molecular formula is C15H23NO. The van der Waals surface area contributed by atoms with Gasteiger partial charge in [0.25, 0.3) is 0 Å².